The number of aliphatic imine (C=N–C) groups is 1. The van der Waals surface area contributed by atoms with Crippen molar-refractivity contribution in [3.8, 4) is 0 Å². The van der Waals surface area contributed by atoms with Crippen LogP contribution in [0.4, 0.5) is 27.9 Å². The van der Waals surface area contributed by atoms with Crippen molar-refractivity contribution >= 4 is 35.6 Å². The van der Waals surface area contributed by atoms with Crippen LogP contribution in [0.5, 0.6) is 0 Å². The fourth-order valence-electron chi connectivity index (χ4n) is 4.10. The summed E-state index contributed by atoms with van der Waals surface area (Å²) in [6, 6.07) is 9.65. The lowest BCUT2D eigenvalue weighted by Crippen LogP contribution is -2.57. The zero-order valence-electron chi connectivity index (χ0n) is 19.1. The minimum Gasteiger partial charge on any atom is -0.441 e. The molecule has 0 spiro atoms. The van der Waals surface area contributed by atoms with Gasteiger partial charge in [-0.25, -0.2) is 9.78 Å². The summed E-state index contributed by atoms with van der Waals surface area (Å²) in [7, 11) is 0. The van der Waals surface area contributed by atoms with Crippen LogP contribution >= 0.6 is 0 Å². The van der Waals surface area contributed by atoms with Crippen LogP contribution in [0, 0.1) is 5.92 Å². The number of carbonyl (C=O) groups is 1. The molecule has 170 valence electrons. The van der Waals surface area contributed by atoms with E-state index >= 15 is 0 Å². The van der Waals surface area contributed by atoms with Gasteiger partial charge in [-0.15, -0.1) is 5.43 Å². The Morgan fingerprint density at radius 2 is 2.09 bits per heavy atom. The van der Waals surface area contributed by atoms with Crippen molar-refractivity contribution < 1.29 is 9.53 Å². The lowest BCUT2D eigenvalue weighted by Gasteiger charge is -2.30. The first-order chi connectivity index (χ1) is 15.3. The summed E-state index contributed by atoms with van der Waals surface area (Å²) in [4.78, 5) is 26.5. The van der Waals surface area contributed by atoms with Crippen LogP contribution in [0.25, 0.3) is 0 Å². The Hall–Kier alpha value is -3.04. The largest absolute Gasteiger partial charge is 0.453 e. The molecule has 2 aliphatic rings. The SMILES string of the molecule is CC(Nc1nccc([N+]2(NC(=O)OC(C)(C)C)C=Nc3ccccc32)n1)C1CCCNC1. The minimum atomic E-state index is -0.633. The Kier molecular flexibility index (Phi) is 6.12. The third-order valence-corrected chi connectivity index (χ3v) is 5.70. The minimum absolute atomic E-state index is 0.179. The Balaban J connectivity index is 1.64. The van der Waals surface area contributed by atoms with Gasteiger partial charge in [0.1, 0.15) is 11.3 Å². The van der Waals surface area contributed by atoms with Crippen molar-refractivity contribution in [1.29, 1.82) is 0 Å². The standard InChI is InChI=1S/C23H31N7O2/c1-16(17-8-7-12-24-14-17)27-21-25-13-11-20(28-21)30(29-22(31)32-23(2,3)4)15-26-18-9-5-6-10-19(18)30/h5-6,9-11,13,15-17,24H,7-8,12,14H2,1-4H3,(H-,25,27,28,29,31)/p+1. The van der Waals surface area contributed by atoms with E-state index in [1.165, 1.54) is 12.8 Å². The molecule has 3 atom stereocenters. The Morgan fingerprint density at radius 1 is 1.28 bits per heavy atom. The molecule has 9 heteroatoms. The molecule has 3 N–H and O–H groups in total. The van der Waals surface area contributed by atoms with E-state index in [0.29, 0.717) is 17.7 Å². The van der Waals surface area contributed by atoms with E-state index in [1.54, 1.807) is 18.6 Å². The van der Waals surface area contributed by atoms with Crippen LogP contribution in [0.3, 0.4) is 0 Å². The molecule has 32 heavy (non-hydrogen) atoms. The van der Waals surface area contributed by atoms with Crippen molar-refractivity contribution in [2.45, 2.75) is 52.2 Å². The number of hydrogen-bond donors (Lipinski definition) is 3. The highest BCUT2D eigenvalue weighted by Gasteiger charge is 2.44. The van der Waals surface area contributed by atoms with Crippen LogP contribution in [-0.2, 0) is 4.74 Å². The molecule has 9 nitrogen and oxygen atoms in total. The monoisotopic (exact) mass is 438 g/mol. The van der Waals surface area contributed by atoms with Crippen molar-refractivity contribution in [2.24, 2.45) is 10.9 Å². The maximum absolute atomic E-state index is 12.8. The summed E-state index contributed by atoms with van der Waals surface area (Å²) in [5, 5.41) is 6.90. The average molecular weight is 439 g/mol. The topological polar surface area (TPSA) is 101 Å². The van der Waals surface area contributed by atoms with Crippen molar-refractivity contribution in [3.05, 3.63) is 36.5 Å². The molecular weight excluding hydrogens is 406 g/mol. The van der Waals surface area contributed by atoms with Crippen LogP contribution in [-0.4, -0.2) is 47.1 Å². The molecule has 4 rings (SSSR count). The number of nitrogens with one attached hydrogen (secondary N) is 3. The van der Waals surface area contributed by atoms with Crippen LogP contribution < -0.4 is 20.7 Å². The number of amides is 1. The van der Waals surface area contributed by atoms with E-state index in [0.717, 1.165) is 24.5 Å². The normalized spacial score (nSPS) is 23.3. The second kappa shape index (κ2) is 8.84. The van der Waals surface area contributed by atoms with Gasteiger partial charge in [0.15, 0.2) is 5.69 Å². The molecule has 1 amide bonds. The third kappa shape index (κ3) is 4.73. The first-order valence-corrected chi connectivity index (χ1v) is 11.1. The van der Waals surface area contributed by atoms with E-state index in [1.807, 2.05) is 45.0 Å². The molecule has 1 fully saturated rings. The summed E-state index contributed by atoms with van der Waals surface area (Å²) in [5.74, 6) is 1.59. The number of rotatable bonds is 5. The predicted molar refractivity (Wildman–Crippen MR) is 126 cm³/mol. The predicted octanol–water partition coefficient (Wildman–Crippen LogP) is 4.03. The first-order valence-electron chi connectivity index (χ1n) is 11.1. The Morgan fingerprint density at radius 3 is 2.84 bits per heavy atom. The first kappa shape index (κ1) is 22.2. The number of para-hydroxylation sites is 2. The Labute approximate surface area is 188 Å². The van der Waals surface area contributed by atoms with Gasteiger partial charge in [0.2, 0.25) is 12.3 Å². The van der Waals surface area contributed by atoms with Crippen LogP contribution in [0.2, 0.25) is 0 Å². The van der Waals surface area contributed by atoms with Gasteiger partial charge in [-0.1, -0.05) is 16.7 Å². The second-order valence-corrected chi connectivity index (χ2v) is 9.35. The molecule has 0 bridgehead atoms. The number of carbonyl (C=O) groups excluding carboxylic acids is 1. The van der Waals surface area contributed by atoms with Crippen molar-refractivity contribution in [3.63, 3.8) is 0 Å². The summed E-state index contributed by atoms with van der Waals surface area (Å²) in [6.45, 7) is 9.70. The fourth-order valence-corrected chi connectivity index (χ4v) is 4.10. The molecule has 3 unspecified atom stereocenters. The number of quaternary nitrogens is 1. The summed E-state index contributed by atoms with van der Waals surface area (Å²) < 4.78 is 5.36. The molecule has 1 aromatic heterocycles. The molecule has 3 heterocycles. The highest BCUT2D eigenvalue weighted by atomic mass is 16.6. The van der Waals surface area contributed by atoms with E-state index in [9.17, 15) is 4.79 Å². The Bertz CT molecular complexity index is 998. The van der Waals surface area contributed by atoms with Crippen molar-refractivity contribution in [2.75, 3.05) is 18.4 Å². The molecule has 2 aromatic rings. The van der Waals surface area contributed by atoms with Gasteiger partial charge in [-0.05, 0) is 65.6 Å². The maximum Gasteiger partial charge on any atom is 0.453 e. The summed E-state index contributed by atoms with van der Waals surface area (Å²) in [5.41, 5.74) is 3.88. The van der Waals surface area contributed by atoms with Gasteiger partial charge in [0, 0.05) is 24.4 Å². The third-order valence-electron chi connectivity index (χ3n) is 5.70. The number of piperidine rings is 1. The molecule has 1 aromatic carbocycles. The molecule has 0 aliphatic carbocycles. The van der Waals surface area contributed by atoms with E-state index in [4.69, 9.17) is 9.72 Å². The number of aromatic nitrogens is 2. The molecular formula is C23H32N7O2+. The zero-order valence-corrected chi connectivity index (χ0v) is 19.1. The van der Waals surface area contributed by atoms with Gasteiger partial charge in [-0.2, -0.15) is 9.98 Å². The summed E-state index contributed by atoms with van der Waals surface area (Å²) in [6.07, 6.45) is 5.14. The van der Waals surface area contributed by atoms with Crippen molar-refractivity contribution in [1.82, 2.24) is 25.3 Å². The number of benzene rings is 1. The van der Waals surface area contributed by atoms with E-state index in [-0.39, 0.29) is 10.6 Å². The number of anilines is 1. The number of hydrogen-bond acceptors (Lipinski definition) is 7. The number of ether oxygens (including phenoxy) is 1. The molecule has 0 radical (unpaired) electrons. The number of nitrogens with zero attached hydrogens (tertiary/aromatic N) is 4. The average Bonchev–Trinajstić information content (AvgIpc) is 3.13. The van der Waals surface area contributed by atoms with Gasteiger partial charge in [-0.3, -0.25) is 0 Å². The van der Waals surface area contributed by atoms with E-state index < -0.39 is 11.7 Å². The van der Waals surface area contributed by atoms with Gasteiger partial charge < -0.3 is 15.4 Å². The molecule has 0 saturated carbocycles. The van der Waals surface area contributed by atoms with Gasteiger partial charge in [0.05, 0.1) is 0 Å². The van der Waals surface area contributed by atoms with Gasteiger partial charge in [0.25, 0.3) is 5.82 Å². The smallest absolute Gasteiger partial charge is 0.441 e. The molecule has 1 saturated heterocycles. The lowest BCUT2D eigenvalue weighted by atomic mass is 9.93. The highest BCUT2D eigenvalue weighted by Crippen LogP contribution is 2.41. The molecule has 2 aliphatic heterocycles. The van der Waals surface area contributed by atoms with E-state index in [2.05, 4.69) is 33.0 Å². The van der Waals surface area contributed by atoms with Gasteiger partial charge >= 0.3 is 6.09 Å². The second-order valence-electron chi connectivity index (χ2n) is 9.35. The zero-order chi connectivity index (χ0) is 22.8. The fraction of sp³-hybridized carbons (Fsp3) is 0.478. The highest BCUT2D eigenvalue weighted by molar-refractivity contribution is 5.95. The van der Waals surface area contributed by atoms with Crippen LogP contribution in [0.1, 0.15) is 40.5 Å². The maximum atomic E-state index is 12.8. The van der Waals surface area contributed by atoms with Crippen LogP contribution in [0.15, 0.2) is 41.5 Å². The quantitative estimate of drug-likeness (QED) is 0.610. The lowest BCUT2D eigenvalue weighted by molar-refractivity contribution is 0.0459. The summed E-state index contributed by atoms with van der Waals surface area (Å²) >= 11 is 0. The number of fused-ring (bicyclic) bond motifs is 1.